The number of hydrogen-bond donors (Lipinski definition) is 1. The first-order valence-corrected chi connectivity index (χ1v) is 3.21. The van der Waals surface area contributed by atoms with Gasteiger partial charge in [0.25, 0.3) is 0 Å². The summed E-state index contributed by atoms with van der Waals surface area (Å²) in [5.74, 6) is -1.07. The van der Waals surface area contributed by atoms with Crippen LogP contribution in [0.25, 0.3) is 11.2 Å². The van der Waals surface area contributed by atoms with Gasteiger partial charge in [0.2, 0.25) is 0 Å². The van der Waals surface area contributed by atoms with E-state index < -0.39 is 5.97 Å². The maximum atomic E-state index is 10.4. The number of nitrogens with zero attached hydrogens (tertiary/aromatic N) is 2. The quantitative estimate of drug-likeness (QED) is 0.678. The molecule has 0 atom stereocenters. The summed E-state index contributed by atoms with van der Waals surface area (Å²) in [6.07, 6.45) is 1.23. The van der Waals surface area contributed by atoms with E-state index >= 15 is 0 Å². The zero-order valence-corrected chi connectivity index (χ0v) is 5.89. The number of carboxylic acid groups (broad SMARTS) is 1. The van der Waals surface area contributed by atoms with E-state index in [2.05, 4.69) is 9.97 Å². The van der Waals surface area contributed by atoms with E-state index in [0.717, 1.165) is 0 Å². The molecule has 12 heavy (non-hydrogen) atoms. The fourth-order valence-electron chi connectivity index (χ4n) is 0.872. The zero-order valence-electron chi connectivity index (χ0n) is 5.89. The van der Waals surface area contributed by atoms with Gasteiger partial charge in [-0.25, -0.2) is 9.78 Å². The van der Waals surface area contributed by atoms with Crippen molar-refractivity contribution in [1.82, 2.24) is 9.97 Å². The summed E-state index contributed by atoms with van der Waals surface area (Å²) in [5, 5.41) is 8.56. The molecule has 1 N–H and O–H groups in total. The highest BCUT2D eigenvalue weighted by Gasteiger charge is 2.06. The van der Waals surface area contributed by atoms with Gasteiger partial charge in [-0.2, -0.15) is 4.98 Å². The molecule has 2 aromatic rings. The van der Waals surface area contributed by atoms with Crippen LogP contribution in [0.4, 0.5) is 0 Å². The summed E-state index contributed by atoms with van der Waals surface area (Å²) in [5.41, 5.74) is 0.770. The smallest absolute Gasteiger partial charge is 0.354 e. The van der Waals surface area contributed by atoms with E-state index in [1.54, 1.807) is 0 Å². The summed E-state index contributed by atoms with van der Waals surface area (Å²) in [6.45, 7) is 0. The van der Waals surface area contributed by atoms with Crippen LogP contribution in [0.1, 0.15) is 10.5 Å². The predicted molar refractivity (Wildman–Crippen MR) is 38.8 cm³/mol. The Kier molecular flexibility index (Phi) is 1.30. The van der Waals surface area contributed by atoms with Crippen molar-refractivity contribution in [3.05, 3.63) is 24.2 Å². The van der Waals surface area contributed by atoms with Crippen LogP contribution in [0.15, 0.2) is 22.9 Å². The lowest BCUT2D eigenvalue weighted by Gasteiger charge is -1.90. The van der Waals surface area contributed by atoms with Gasteiger partial charge in [-0.15, -0.1) is 0 Å². The van der Waals surface area contributed by atoms with E-state index in [1.165, 1.54) is 18.5 Å². The van der Waals surface area contributed by atoms with Gasteiger partial charge < -0.3 is 9.52 Å². The Labute approximate surface area is 66.7 Å². The number of hydrogen-bond acceptors (Lipinski definition) is 4. The number of pyridine rings is 1. The molecule has 0 amide bonds. The molecule has 0 aliphatic carbocycles. The minimum absolute atomic E-state index is 0.0311. The molecule has 0 bridgehead atoms. The van der Waals surface area contributed by atoms with Crippen molar-refractivity contribution in [2.75, 3.05) is 0 Å². The summed E-state index contributed by atoms with van der Waals surface area (Å²) >= 11 is 0. The minimum Gasteiger partial charge on any atom is -0.477 e. The Morgan fingerprint density at radius 1 is 1.50 bits per heavy atom. The van der Waals surface area contributed by atoms with Gasteiger partial charge in [-0.1, -0.05) is 0 Å². The second kappa shape index (κ2) is 2.30. The third-order valence-electron chi connectivity index (χ3n) is 1.41. The first kappa shape index (κ1) is 6.78. The van der Waals surface area contributed by atoms with Crippen molar-refractivity contribution in [3.63, 3.8) is 0 Å². The van der Waals surface area contributed by atoms with Crippen molar-refractivity contribution in [2.24, 2.45) is 0 Å². The molecule has 0 aliphatic rings. The number of fused-ring (bicyclic) bond motifs is 1. The van der Waals surface area contributed by atoms with Crippen LogP contribution in [0, 0.1) is 0 Å². The standard InChI is InChI=1S/C7H4N2O3/c10-7(11)4-1-2-5-6(9-4)8-3-12-5/h1-3H,(H,10,11). The van der Waals surface area contributed by atoms with Gasteiger partial charge in [0.15, 0.2) is 23.3 Å². The van der Waals surface area contributed by atoms with Crippen LogP contribution in [0.2, 0.25) is 0 Å². The maximum absolute atomic E-state index is 10.4. The van der Waals surface area contributed by atoms with Crippen LogP contribution in [0.5, 0.6) is 0 Å². The van der Waals surface area contributed by atoms with Crippen LogP contribution in [0.3, 0.4) is 0 Å². The number of aromatic carboxylic acids is 1. The third-order valence-corrected chi connectivity index (χ3v) is 1.41. The number of oxazole rings is 1. The Morgan fingerprint density at radius 3 is 3.08 bits per heavy atom. The molecule has 0 aliphatic heterocycles. The maximum Gasteiger partial charge on any atom is 0.354 e. The Balaban J connectivity index is 2.68. The number of carbonyl (C=O) groups is 1. The average molecular weight is 164 g/mol. The van der Waals surface area contributed by atoms with Crippen molar-refractivity contribution in [2.45, 2.75) is 0 Å². The van der Waals surface area contributed by atoms with Gasteiger partial charge in [0.05, 0.1) is 0 Å². The lowest BCUT2D eigenvalue weighted by Crippen LogP contribution is -1.99. The monoisotopic (exact) mass is 164 g/mol. The lowest BCUT2D eigenvalue weighted by molar-refractivity contribution is 0.0691. The molecule has 2 aromatic heterocycles. The Hall–Kier alpha value is -1.91. The van der Waals surface area contributed by atoms with Crippen molar-refractivity contribution in [3.8, 4) is 0 Å². The highest BCUT2D eigenvalue weighted by atomic mass is 16.4. The zero-order chi connectivity index (χ0) is 8.55. The molecule has 5 heteroatoms. The van der Waals surface area contributed by atoms with Gasteiger partial charge >= 0.3 is 5.97 Å². The van der Waals surface area contributed by atoms with E-state index in [0.29, 0.717) is 11.2 Å². The molecule has 0 saturated heterocycles. The second-order valence-corrected chi connectivity index (χ2v) is 2.18. The van der Waals surface area contributed by atoms with Gasteiger partial charge in [-0.05, 0) is 12.1 Å². The van der Waals surface area contributed by atoms with E-state index in [1.807, 2.05) is 0 Å². The van der Waals surface area contributed by atoms with Crippen molar-refractivity contribution < 1.29 is 14.3 Å². The molecule has 0 radical (unpaired) electrons. The molecule has 0 spiro atoms. The topological polar surface area (TPSA) is 76.2 Å². The highest BCUT2D eigenvalue weighted by Crippen LogP contribution is 2.09. The third kappa shape index (κ3) is 0.914. The molecular formula is C7H4N2O3. The van der Waals surface area contributed by atoms with Gasteiger partial charge in [0, 0.05) is 0 Å². The summed E-state index contributed by atoms with van der Waals surface area (Å²) in [7, 11) is 0. The van der Waals surface area contributed by atoms with Gasteiger partial charge in [-0.3, -0.25) is 0 Å². The number of carboxylic acids is 1. The van der Waals surface area contributed by atoms with Crippen LogP contribution >= 0.6 is 0 Å². The van der Waals surface area contributed by atoms with Crippen LogP contribution in [-0.2, 0) is 0 Å². The molecule has 5 nitrogen and oxygen atoms in total. The van der Waals surface area contributed by atoms with Gasteiger partial charge in [0.1, 0.15) is 0 Å². The molecule has 0 unspecified atom stereocenters. The molecule has 60 valence electrons. The lowest BCUT2D eigenvalue weighted by atomic mass is 10.3. The van der Waals surface area contributed by atoms with Crippen molar-refractivity contribution in [1.29, 1.82) is 0 Å². The first-order chi connectivity index (χ1) is 5.77. The first-order valence-electron chi connectivity index (χ1n) is 3.21. The molecular weight excluding hydrogens is 160 g/mol. The summed E-state index contributed by atoms with van der Waals surface area (Å²) < 4.78 is 4.89. The highest BCUT2D eigenvalue weighted by molar-refractivity contribution is 5.87. The fourth-order valence-corrected chi connectivity index (χ4v) is 0.872. The molecule has 0 fully saturated rings. The Bertz CT molecular complexity index is 435. The molecule has 2 heterocycles. The average Bonchev–Trinajstić information content (AvgIpc) is 2.49. The van der Waals surface area contributed by atoms with Crippen LogP contribution in [-0.4, -0.2) is 21.0 Å². The van der Waals surface area contributed by atoms with E-state index in [4.69, 9.17) is 9.52 Å². The normalized spacial score (nSPS) is 10.3. The number of rotatable bonds is 1. The van der Waals surface area contributed by atoms with Crippen LogP contribution < -0.4 is 0 Å². The second-order valence-electron chi connectivity index (χ2n) is 2.18. The summed E-state index contributed by atoms with van der Waals surface area (Å²) in [4.78, 5) is 17.9. The molecule has 0 saturated carbocycles. The fraction of sp³-hybridized carbons (Fsp3) is 0. The summed E-state index contributed by atoms with van der Waals surface area (Å²) in [6, 6.07) is 2.90. The Morgan fingerprint density at radius 2 is 2.33 bits per heavy atom. The minimum atomic E-state index is -1.07. The molecule has 2 rings (SSSR count). The van der Waals surface area contributed by atoms with E-state index in [9.17, 15) is 4.79 Å². The number of aromatic nitrogens is 2. The SMILES string of the molecule is O=C(O)c1ccc2ocnc2n1. The predicted octanol–water partition coefficient (Wildman–Crippen LogP) is 0.921. The van der Waals surface area contributed by atoms with Crippen molar-refractivity contribution >= 4 is 17.2 Å². The molecule has 0 aromatic carbocycles. The van der Waals surface area contributed by atoms with E-state index in [-0.39, 0.29) is 5.69 Å². The largest absolute Gasteiger partial charge is 0.477 e.